The lowest BCUT2D eigenvalue weighted by Gasteiger charge is -2.15. The Hall–Kier alpha value is -1.19. The van der Waals surface area contributed by atoms with E-state index in [4.69, 9.17) is 0 Å². The third-order valence-corrected chi connectivity index (χ3v) is 2.80. The molecule has 1 fully saturated rings. The van der Waals surface area contributed by atoms with Gasteiger partial charge in [-0.2, -0.15) is 0 Å². The average Bonchev–Trinajstić information content (AvgIpc) is 2.64. The van der Waals surface area contributed by atoms with Crippen molar-refractivity contribution in [2.24, 2.45) is 5.92 Å². The van der Waals surface area contributed by atoms with Gasteiger partial charge >= 0.3 is 6.09 Å². The number of ether oxygens (including phenoxy) is 1. The maximum absolute atomic E-state index is 11.2. The lowest BCUT2D eigenvalue weighted by Crippen LogP contribution is -2.28. The number of allylic oxidation sites excluding steroid dienone is 1. The van der Waals surface area contributed by atoms with Crippen molar-refractivity contribution in [1.82, 2.24) is 4.90 Å². The molecular formula is C10H17NO3. The van der Waals surface area contributed by atoms with Crippen LogP contribution in [0, 0.1) is 5.92 Å². The Balaban J connectivity index is 2.58. The number of nitrogens with zero attached hydrogens (tertiary/aromatic N) is 1. The first-order valence-corrected chi connectivity index (χ1v) is 4.75. The van der Waals surface area contributed by atoms with E-state index >= 15 is 0 Å². The minimum atomic E-state index is -0.282. The Morgan fingerprint density at radius 1 is 1.50 bits per heavy atom. The van der Waals surface area contributed by atoms with Gasteiger partial charge in [0.05, 0.1) is 12.9 Å². The maximum Gasteiger partial charge on any atom is 0.409 e. The quantitative estimate of drug-likeness (QED) is 0.656. The van der Waals surface area contributed by atoms with Crippen LogP contribution in [0.25, 0.3) is 0 Å². The zero-order chi connectivity index (χ0) is 10.7. The van der Waals surface area contributed by atoms with Crippen molar-refractivity contribution < 1.29 is 14.6 Å². The Bertz CT molecular complexity index is 256. The summed E-state index contributed by atoms with van der Waals surface area (Å²) in [6, 6.07) is 0. The standard InChI is InChI=1S/C10H17NO3/c1-7(8(2)12)9-4-5-11(6-9)10(13)14-3/h9,12H,4-6H2,1-3H3/b8-7-/t9-/m1/s1. The fourth-order valence-electron chi connectivity index (χ4n) is 1.70. The molecule has 1 N–H and O–H groups in total. The summed E-state index contributed by atoms with van der Waals surface area (Å²) in [5, 5.41) is 9.31. The van der Waals surface area contributed by atoms with E-state index in [0.29, 0.717) is 18.8 Å². The van der Waals surface area contributed by atoms with Crippen LogP contribution in [0.5, 0.6) is 0 Å². The molecule has 0 spiro atoms. The van der Waals surface area contributed by atoms with E-state index in [1.54, 1.807) is 11.8 Å². The van der Waals surface area contributed by atoms with Crippen molar-refractivity contribution >= 4 is 6.09 Å². The third-order valence-electron chi connectivity index (χ3n) is 2.80. The van der Waals surface area contributed by atoms with Crippen LogP contribution < -0.4 is 0 Å². The lowest BCUT2D eigenvalue weighted by atomic mass is 9.99. The zero-order valence-corrected chi connectivity index (χ0v) is 8.91. The molecule has 0 aromatic rings. The average molecular weight is 199 g/mol. The van der Waals surface area contributed by atoms with Gasteiger partial charge in [-0.05, 0) is 25.8 Å². The van der Waals surface area contributed by atoms with Gasteiger partial charge in [0.1, 0.15) is 0 Å². The Morgan fingerprint density at radius 2 is 2.14 bits per heavy atom. The lowest BCUT2D eigenvalue weighted by molar-refractivity contribution is 0.132. The zero-order valence-electron chi connectivity index (χ0n) is 8.91. The Kier molecular flexibility index (Phi) is 3.38. The molecule has 4 nitrogen and oxygen atoms in total. The summed E-state index contributed by atoms with van der Waals surface area (Å²) in [4.78, 5) is 12.8. The van der Waals surface area contributed by atoms with Crippen LogP contribution >= 0.6 is 0 Å². The molecule has 1 saturated heterocycles. The summed E-state index contributed by atoms with van der Waals surface area (Å²) in [7, 11) is 1.38. The topological polar surface area (TPSA) is 49.8 Å². The van der Waals surface area contributed by atoms with Crippen molar-refractivity contribution in [3.8, 4) is 0 Å². The highest BCUT2D eigenvalue weighted by Crippen LogP contribution is 2.25. The molecule has 1 heterocycles. The number of hydrogen-bond donors (Lipinski definition) is 1. The molecule has 1 aliphatic rings. The van der Waals surface area contributed by atoms with Gasteiger partial charge in [0.25, 0.3) is 0 Å². The monoisotopic (exact) mass is 199 g/mol. The number of methoxy groups -OCH3 is 1. The first-order chi connectivity index (χ1) is 6.56. The molecule has 0 aromatic carbocycles. The molecule has 1 amide bonds. The number of aliphatic hydroxyl groups excluding tert-OH is 1. The van der Waals surface area contributed by atoms with Crippen LogP contribution in [0.3, 0.4) is 0 Å². The highest BCUT2D eigenvalue weighted by atomic mass is 16.5. The molecule has 0 saturated carbocycles. The Labute approximate surface area is 84.2 Å². The number of carbonyl (C=O) groups is 1. The van der Waals surface area contributed by atoms with E-state index in [9.17, 15) is 9.90 Å². The molecular weight excluding hydrogens is 182 g/mol. The molecule has 1 rings (SSSR count). The summed E-state index contributed by atoms with van der Waals surface area (Å²) < 4.78 is 4.63. The predicted octanol–water partition coefficient (Wildman–Crippen LogP) is 1.93. The second-order valence-corrected chi connectivity index (χ2v) is 3.67. The fraction of sp³-hybridized carbons (Fsp3) is 0.700. The number of hydrogen-bond acceptors (Lipinski definition) is 3. The third kappa shape index (κ3) is 2.19. The number of likely N-dealkylation sites (tertiary alicyclic amines) is 1. The summed E-state index contributed by atoms with van der Waals surface area (Å²) in [6.07, 6.45) is 0.620. The van der Waals surface area contributed by atoms with Gasteiger partial charge in [0, 0.05) is 19.0 Å². The molecule has 0 unspecified atom stereocenters. The second-order valence-electron chi connectivity index (χ2n) is 3.67. The first kappa shape index (κ1) is 10.9. The van der Waals surface area contributed by atoms with Gasteiger partial charge < -0.3 is 14.7 Å². The largest absolute Gasteiger partial charge is 0.513 e. The predicted molar refractivity (Wildman–Crippen MR) is 53.1 cm³/mol. The number of carbonyl (C=O) groups excluding carboxylic acids is 1. The number of rotatable bonds is 1. The van der Waals surface area contributed by atoms with E-state index in [2.05, 4.69) is 4.74 Å². The molecule has 4 heteroatoms. The Morgan fingerprint density at radius 3 is 2.64 bits per heavy atom. The van der Waals surface area contributed by atoms with E-state index in [-0.39, 0.29) is 12.0 Å². The highest BCUT2D eigenvalue weighted by Gasteiger charge is 2.28. The molecule has 0 bridgehead atoms. The second kappa shape index (κ2) is 4.35. The van der Waals surface area contributed by atoms with Crippen LogP contribution in [-0.4, -0.2) is 36.3 Å². The van der Waals surface area contributed by atoms with Gasteiger partial charge in [0.2, 0.25) is 0 Å². The van der Waals surface area contributed by atoms with Crippen LogP contribution in [0.15, 0.2) is 11.3 Å². The van der Waals surface area contributed by atoms with Crippen molar-refractivity contribution in [3.05, 3.63) is 11.3 Å². The molecule has 0 radical (unpaired) electrons. The van der Waals surface area contributed by atoms with Crippen molar-refractivity contribution in [1.29, 1.82) is 0 Å². The van der Waals surface area contributed by atoms with Crippen LogP contribution in [0.1, 0.15) is 20.3 Å². The molecule has 1 aliphatic heterocycles. The molecule has 0 aromatic heterocycles. The van der Waals surface area contributed by atoms with E-state index in [1.807, 2.05) is 6.92 Å². The van der Waals surface area contributed by atoms with Gasteiger partial charge in [-0.15, -0.1) is 0 Å². The van der Waals surface area contributed by atoms with Gasteiger partial charge in [-0.3, -0.25) is 0 Å². The summed E-state index contributed by atoms with van der Waals surface area (Å²) in [5.41, 5.74) is 0.969. The van der Waals surface area contributed by atoms with Crippen molar-refractivity contribution in [2.45, 2.75) is 20.3 Å². The smallest absolute Gasteiger partial charge is 0.409 e. The van der Waals surface area contributed by atoms with Gasteiger partial charge in [-0.25, -0.2) is 4.79 Å². The minimum Gasteiger partial charge on any atom is -0.513 e. The molecule has 1 atom stereocenters. The number of aliphatic hydroxyl groups is 1. The highest BCUT2D eigenvalue weighted by molar-refractivity contribution is 5.67. The number of amides is 1. The van der Waals surface area contributed by atoms with Crippen molar-refractivity contribution in [2.75, 3.05) is 20.2 Å². The van der Waals surface area contributed by atoms with Crippen LogP contribution in [0.2, 0.25) is 0 Å². The summed E-state index contributed by atoms with van der Waals surface area (Å²) in [6.45, 7) is 4.94. The summed E-state index contributed by atoms with van der Waals surface area (Å²) in [5.74, 6) is 0.640. The van der Waals surface area contributed by atoms with Crippen molar-refractivity contribution in [3.63, 3.8) is 0 Å². The van der Waals surface area contributed by atoms with E-state index in [1.165, 1.54) is 7.11 Å². The molecule has 80 valence electrons. The SMILES string of the molecule is COC(=O)N1CC[C@@H](/C(C)=C(/C)O)C1. The van der Waals surface area contributed by atoms with E-state index < -0.39 is 0 Å². The van der Waals surface area contributed by atoms with Gasteiger partial charge in [-0.1, -0.05) is 0 Å². The fourth-order valence-corrected chi connectivity index (χ4v) is 1.70. The first-order valence-electron chi connectivity index (χ1n) is 4.75. The normalized spacial score (nSPS) is 23.4. The van der Waals surface area contributed by atoms with Gasteiger partial charge in [0.15, 0.2) is 0 Å². The molecule has 14 heavy (non-hydrogen) atoms. The summed E-state index contributed by atoms with van der Waals surface area (Å²) >= 11 is 0. The van der Waals surface area contributed by atoms with E-state index in [0.717, 1.165) is 12.0 Å². The minimum absolute atomic E-state index is 0.277. The van der Waals surface area contributed by atoms with Crippen LogP contribution in [-0.2, 0) is 4.74 Å². The molecule has 0 aliphatic carbocycles. The van der Waals surface area contributed by atoms with Crippen LogP contribution in [0.4, 0.5) is 4.79 Å². The maximum atomic E-state index is 11.2.